The molecule has 0 saturated carbocycles. The van der Waals surface area contributed by atoms with Gasteiger partial charge < -0.3 is 0 Å². The van der Waals surface area contributed by atoms with E-state index in [4.69, 9.17) is 0 Å². The van der Waals surface area contributed by atoms with Crippen molar-refractivity contribution in [3.63, 3.8) is 0 Å². The number of fused-ring (bicyclic) bond motifs is 1. The van der Waals surface area contributed by atoms with Crippen LogP contribution in [-0.2, 0) is 22.7 Å². The van der Waals surface area contributed by atoms with Crippen molar-refractivity contribution in [1.82, 2.24) is 9.71 Å². The fraction of sp³-hybridized carbons (Fsp3) is 0.278. The molecule has 1 aromatic heterocycles. The number of nitrogens with one attached hydrogen (secondary N) is 1. The number of thioether (sulfide) groups is 1. The highest BCUT2D eigenvalue weighted by molar-refractivity contribution is 8.01. The molecule has 29 heavy (non-hydrogen) atoms. The molecule has 0 radical (unpaired) electrons. The second-order valence-corrected chi connectivity index (χ2v) is 10.4. The third-order valence-electron chi connectivity index (χ3n) is 3.92. The van der Waals surface area contributed by atoms with Crippen LogP contribution in [0.2, 0.25) is 0 Å². The number of nitrogens with zero attached hydrogens (tertiary/aromatic N) is 1. The molecule has 0 aliphatic carbocycles. The van der Waals surface area contributed by atoms with Gasteiger partial charge in [-0.3, -0.25) is 0 Å². The Hall–Kier alpha value is -1.69. The predicted octanol–water partition coefficient (Wildman–Crippen LogP) is 5.06. The van der Waals surface area contributed by atoms with Gasteiger partial charge in [0, 0.05) is 17.9 Å². The zero-order chi connectivity index (χ0) is 21.1. The van der Waals surface area contributed by atoms with Crippen LogP contribution in [0.5, 0.6) is 0 Å². The zero-order valence-corrected chi connectivity index (χ0v) is 17.3. The third-order valence-corrected chi connectivity index (χ3v) is 7.60. The summed E-state index contributed by atoms with van der Waals surface area (Å²) in [6, 6.07) is 9.71. The quantitative estimate of drug-likeness (QED) is 0.288. The lowest BCUT2D eigenvalue weighted by Gasteiger charge is -2.10. The van der Waals surface area contributed by atoms with Crippen molar-refractivity contribution in [1.29, 1.82) is 0 Å². The molecule has 0 aliphatic rings. The third kappa shape index (κ3) is 6.14. The van der Waals surface area contributed by atoms with Gasteiger partial charge >= 0.3 is 6.18 Å². The van der Waals surface area contributed by atoms with Crippen molar-refractivity contribution in [3.8, 4) is 0 Å². The average molecular weight is 465 g/mol. The monoisotopic (exact) mass is 464 g/mol. The number of para-hydroxylation sites is 1. The molecule has 1 N–H and O–H groups in total. The molecular weight excluding hydrogens is 448 g/mol. The van der Waals surface area contributed by atoms with E-state index in [1.54, 1.807) is 0 Å². The maximum absolute atomic E-state index is 13.8. The topological polar surface area (TPSA) is 59.1 Å². The van der Waals surface area contributed by atoms with Crippen LogP contribution in [0.1, 0.15) is 17.5 Å². The van der Waals surface area contributed by atoms with Gasteiger partial charge in [-0.1, -0.05) is 30.0 Å². The molecule has 0 fully saturated rings. The van der Waals surface area contributed by atoms with Gasteiger partial charge in [-0.2, -0.15) is 13.2 Å². The summed E-state index contributed by atoms with van der Waals surface area (Å²) in [4.78, 5) is 4.45. The molecule has 0 unspecified atom stereocenters. The van der Waals surface area contributed by atoms with Crippen molar-refractivity contribution < 1.29 is 26.0 Å². The maximum Gasteiger partial charge on any atom is 0.416 e. The molecule has 0 saturated heterocycles. The minimum Gasteiger partial charge on any atom is -0.230 e. The maximum atomic E-state index is 13.8. The van der Waals surface area contributed by atoms with Crippen molar-refractivity contribution in [2.24, 2.45) is 0 Å². The molecule has 0 bridgehead atoms. The number of thiazole rings is 1. The number of rotatable bonds is 8. The van der Waals surface area contributed by atoms with Gasteiger partial charge in [-0.25, -0.2) is 22.5 Å². The van der Waals surface area contributed by atoms with Crippen molar-refractivity contribution in [2.45, 2.75) is 23.5 Å². The normalized spacial score (nSPS) is 12.6. The average Bonchev–Trinajstić information content (AvgIpc) is 3.06. The Morgan fingerprint density at radius 2 is 1.90 bits per heavy atom. The summed E-state index contributed by atoms with van der Waals surface area (Å²) in [5.41, 5.74) is -0.369. The van der Waals surface area contributed by atoms with Crippen molar-refractivity contribution in [2.75, 3.05) is 11.5 Å². The molecule has 0 amide bonds. The molecule has 11 heteroatoms. The summed E-state index contributed by atoms with van der Waals surface area (Å²) in [5, 5.41) is 0. The molecule has 3 rings (SSSR count). The largest absolute Gasteiger partial charge is 0.416 e. The molecule has 1 heterocycles. The van der Waals surface area contributed by atoms with Crippen LogP contribution in [0.4, 0.5) is 17.6 Å². The summed E-state index contributed by atoms with van der Waals surface area (Å²) >= 11 is 2.99. The molecule has 4 nitrogen and oxygen atoms in total. The summed E-state index contributed by atoms with van der Waals surface area (Å²) < 4.78 is 79.7. The molecule has 3 aromatic rings. The van der Waals surface area contributed by atoms with Crippen LogP contribution in [0.15, 0.2) is 46.8 Å². The first-order chi connectivity index (χ1) is 13.6. The van der Waals surface area contributed by atoms with Gasteiger partial charge in [-0.05, 0) is 30.7 Å². The molecule has 0 aliphatic heterocycles. The first-order valence-electron chi connectivity index (χ1n) is 8.45. The Bertz CT molecular complexity index is 1060. The number of sulfonamides is 1. The van der Waals surface area contributed by atoms with Crippen molar-refractivity contribution >= 4 is 43.3 Å². The van der Waals surface area contributed by atoms with E-state index >= 15 is 0 Å². The fourth-order valence-corrected chi connectivity index (χ4v) is 5.75. The Morgan fingerprint density at radius 1 is 1.14 bits per heavy atom. The van der Waals surface area contributed by atoms with Crippen LogP contribution in [0.3, 0.4) is 0 Å². The molecule has 0 spiro atoms. The predicted molar refractivity (Wildman–Crippen MR) is 107 cm³/mol. The highest BCUT2D eigenvalue weighted by Gasteiger charge is 2.31. The smallest absolute Gasteiger partial charge is 0.230 e. The summed E-state index contributed by atoms with van der Waals surface area (Å²) in [5.74, 6) is -0.739. The zero-order valence-electron chi connectivity index (χ0n) is 14.9. The lowest BCUT2D eigenvalue weighted by Crippen LogP contribution is -2.26. The molecular formula is C18H16F4N2O2S3. The molecule has 156 valence electrons. The lowest BCUT2D eigenvalue weighted by atomic mass is 10.1. The second kappa shape index (κ2) is 8.99. The Balaban J connectivity index is 1.47. The number of hydrogen-bond acceptors (Lipinski definition) is 5. The van der Waals surface area contributed by atoms with E-state index in [0.717, 1.165) is 26.7 Å². The van der Waals surface area contributed by atoms with E-state index in [0.29, 0.717) is 18.2 Å². The number of hydrogen-bond donors (Lipinski definition) is 1. The summed E-state index contributed by atoms with van der Waals surface area (Å²) in [6.45, 7) is -0.405. The first kappa shape index (κ1) is 22.0. The van der Waals surface area contributed by atoms with E-state index in [1.807, 2.05) is 24.3 Å². The minimum atomic E-state index is -4.65. The van der Waals surface area contributed by atoms with Crippen molar-refractivity contribution in [3.05, 3.63) is 59.4 Å². The summed E-state index contributed by atoms with van der Waals surface area (Å²) in [6.07, 6.45) is -4.30. The highest BCUT2D eigenvalue weighted by Crippen LogP contribution is 2.31. The number of benzene rings is 2. The van der Waals surface area contributed by atoms with Crippen LogP contribution < -0.4 is 4.72 Å². The SMILES string of the molecule is O=S(=O)(CCCSc1nc2ccccc2s1)NCc1ccc(C(F)(F)F)cc1F. The molecule has 2 aromatic carbocycles. The number of aromatic nitrogens is 1. The highest BCUT2D eigenvalue weighted by atomic mass is 32.2. The molecule has 0 atom stereocenters. The van der Waals surface area contributed by atoms with E-state index in [-0.39, 0.29) is 11.3 Å². The number of halogens is 4. The van der Waals surface area contributed by atoms with E-state index in [1.165, 1.54) is 23.1 Å². The van der Waals surface area contributed by atoms with E-state index < -0.39 is 34.1 Å². The number of alkyl halides is 3. The van der Waals surface area contributed by atoms with Crippen LogP contribution >= 0.6 is 23.1 Å². The Labute approximate surface area is 173 Å². The van der Waals surface area contributed by atoms with Gasteiger partial charge in [0.1, 0.15) is 5.82 Å². The Morgan fingerprint density at radius 3 is 2.59 bits per heavy atom. The lowest BCUT2D eigenvalue weighted by molar-refractivity contribution is -0.137. The van der Waals surface area contributed by atoms with Crippen LogP contribution in [0.25, 0.3) is 10.2 Å². The van der Waals surface area contributed by atoms with E-state index in [9.17, 15) is 26.0 Å². The first-order valence-corrected chi connectivity index (χ1v) is 11.9. The van der Waals surface area contributed by atoms with Gasteiger partial charge in [0.25, 0.3) is 0 Å². The minimum absolute atomic E-state index is 0.148. The summed E-state index contributed by atoms with van der Waals surface area (Å²) in [7, 11) is -3.68. The fourth-order valence-electron chi connectivity index (χ4n) is 2.45. The van der Waals surface area contributed by atoms with Gasteiger partial charge in [0.2, 0.25) is 10.0 Å². The Kier molecular flexibility index (Phi) is 6.82. The van der Waals surface area contributed by atoms with Crippen LogP contribution in [-0.4, -0.2) is 24.9 Å². The standard InChI is InChI=1S/C18H16F4N2O2S3/c19-14-10-13(18(20,21)22)7-6-12(14)11-23-29(25,26)9-3-8-27-17-24-15-4-1-2-5-16(15)28-17/h1-2,4-7,10,23H,3,8-9,11H2. The van der Waals surface area contributed by atoms with E-state index in [2.05, 4.69) is 9.71 Å². The second-order valence-electron chi connectivity index (χ2n) is 6.09. The van der Waals surface area contributed by atoms with Crippen LogP contribution in [0, 0.1) is 5.82 Å². The van der Waals surface area contributed by atoms with Gasteiger partial charge in [-0.15, -0.1) is 11.3 Å². The van der Waals surface area contributed by atoms with Gasteiger partial charge in [0.05, 0.1) is 21.5 Å². The van der Waals surface area contributed by atoms with Gasteiger partial charge in [0.15, 0.2) is 4.34 Å².